The first-order valence-corrected chi connectivity index (χ1v) is 4.29. The van der Waals surface area contributed by atoms with Crippen LogP contribution in [-0.2, 0) is 0 Å². The Morgan fingerprint density at radius 1 is 1.33 bits per heavy atom. The lowest BCUT2D eigenvalue weighted by atomic mass is 10.3. The molecule has 0 radical (unpaired) electrons. The second-order valence-electron chi connectivity index (χ2n) is 2.86. The van der Waals surface area contributed by atoms with Gasteiger partial charge in [-0.15, -0.1) is 0 Å². The van der Waals surface area contributed by atoms with E-state index in [-0.39, 0.29) is 18.8 Å². The molecular weight excluding hydrogens is 214 g/mol. The highest BCUT2D eigenvalue weighted by molar-refractivity contribution is 5.17. The Morgan fingerprint density at radius 2 is 2.07 bits per heavy atom. The minimum absolute atomic E-state index is 0.125. The van der Waals surface area contributed by atoms with E-state index in [0.717, 1.165) is 0 Å². The lowest BCUT2D eigenvalue weighted by molar-refractivity contribution is -0.136. The molecule has 84 valence electrons. The van der Waals surface area contributed by atoms with Crippen molar-refractivity contribution in [1.29, 1.82) is 0 Å². The molecule has 0 aliphatic rings. The van der Waals surface area contributed by atoms with Crippen LogP contribution in [0.5, 0.6) is 5.75 Å². The highest BCUT2D eigenvalue weighted by atomic mass is 19.4. The predicted molar refractivity (Wildman–Crippen MR) is 45.0 cm³/mol. The van der Waals surface area contributed by atoms with Crippen molar-refractivity contribution >= 4 is 0 Å². The molecular formula is C9H9F4NO. The molecule has 0 saturated heterocycles. The van der Waals surface area contributed by atoms with E-state index in [9.17, 15) is 17.6 Å². The number of halogens is 4. The number of aromatic nitrogens is 1. The lowest BCUT2D eigenvalue weighted by Crippen LogP contribution is -2.10. The first-order chi connectivity index (χ1) is 6.99. The van der Waals surface area contributed by atoms with Gasteiger partial charge in [0.05, 0.1) is 6.61 Å². The first-order valence-electron chi connectivity index (χ1n) is 4.29. The maximum absolute atomic E-state index is 12.8. The maximum atomic E-state index is 12.8. The third-order valence-corrected chi connectivity index (χ3v) is 1.59. The van der Waals surface area contributed by atoms with Crippen molar-refractivity contribution in [2.75, 3.05) is 6.61 Å². The summed E-state index contributed by atoms with van der Waals surface area (Å²) in [6, 6.07) is 2.76. The standard InChI is InChI=1S/C9H9F4NO/c10-8-7(3-1-5-14-8)15-6-2-4-9(11,12)13/h1,3,5H,2,4,6H2. The molecule has 0 bridgehead atoms. The van der Waals surface area contributed by atoms with Gasteiger partial charge in [-0.05, 0) is 18.6 Å². The van der Waals surface area contributed by atoms with Crippen LogP contribution in [0.25, 0.3) is 0 Å². The average molecular weight is 223 g/mol. The summed E-state index contributed by atoms with van der Waals surface area (Å²) in [7, 11) is 0. The van der Waals surface area contributed by atoms with Crippen molar-refractivity contribution in [3.05, 3.63) is 24.3 Å². The molecule has 0 unspecified atom stereocenters. The van der Waals surface area contributed by atoms with Gasteiger partial charge in [0.15, 0.2) is 5.75 Å². The van der Waals surface area contributed by atoms with Crippen LogP contribution in [0.3, 0.4) is 0 Å². The molecule has 1 heterocycles. The Bertz CT molecular complexity index is 313. The van der Waals surface area contributed by atoms with Crippen LogP contribution >= 0.6 is 0 Å². The molecule has 0 fully saturated rings. The van der Waals surface area contributed by atoms with Gasteiger partial charge in [-0.2, -0.15) is 17.6 Å². The predicted octanol–water partition coefficient (Wildman–Crippen LogP) is 2.94. The summed E-state index contributed by atoms with van der Waals surface area (Å²) in [4.78, 5) is 3.29. The van der Waals surface area contributed by atoms with E-state index in [1.807, 2.05) is 0 Å². The van der Waals surface area contributed by atoms with Crippen LogP contribution in [0.4, 0.5) is 17.6 Å². The number of rotatable bonds is 4. The Balaban J connectivity index is 2.30. The van der Waals surface area contributed by atoms with E-state index < -0.39 is 18.5 Å². The number of hydrogen-bond acceptors (Lipinski definition) is 2. The van der Waals surface area contributed by atoms with Gasteiger partial charge >= 0.3 is 6.18 Å². The molecule has 0 N–H and O–H groups in total. The van der Waals surface area contributed by atoms with Gasteiger partial charge < -0.3 is 4.74 Å². The Kier molecular flexibility index (Phi) is 3.88. The van der Waals surface area contributed by atoms with Crippen LogP contribution in [0.2, 0.25) is 0 Å². The minimum atomic E-state index is -4.20. The monoisotopic (exact) mass is 223 g/mol. The molecule has 1 aromatic rings. The lowest BCUT2D eigenvalue weighted by Gasteiger charge is -2.07. The van der Waals surface area contributed by atoms with E-state index in [1.54, 1.807) is 0 Å². The zero-order valence-corrected chi connectivity index (χ0v) is 7.72. The second-order valence-corrected chi connectivity index (χ2v) is 2.86. The summed E-state index contributed by atoms with van der Waals surface area (Å²) in [5.41, 5.74) is 0. The third-order valence-electron chi connectivity index (χ3n) is 1.59. The topological polar surface area (TPSA) is 22.1 Å². The van der Waals surface area contributed by atoms with E-state index in [2.05, 4.69) is 4.98 Å². The molecule has 6 heteroatoms. The van der Waals surface area contributed by atoms with Crippen LogP contribution in [0.15, 0.2) is 18.3 Å². The Morgan fingerprint density at radius 3 is 2.67 bits per heavy atom. The fraction of sp³-hybridized carbons (Fsp3) is 0.444. The Hall–Kier alpha value is -1.33. The molecule has 2 nitrogen and oxygen atoms in total. The summed E-state index contributed by atoms with van der Waals surface area (Å²) in [5, 5.41) is 0. The van der Waals surface area contributed by atoms with E-state index in [4.69, 9.17) is 4.74 Å². The normalized spacial score (nSPS) is 11.5. The maximum Gasteiger partial charge on any atom is 0.389 e. The number of nitrogens with zero attached hydrogens (tertiary/aromatic N) is 1. The molecule has 15 heavy (non-hydrogen) atoms. The largest absolute Gasteiger partial charge is 0.489 e. The van der Waals surface area contributed by atoms with Gasteiger partial charge in [-0.25, -0.2) is 4.98 Å². The van der Waals surface area contributed by atoms with Gasteiger partial charge in [0.25, 0.3) is 5.95 Å². The molecule has 0 aliphatic carbocycles. The fourth-order valence-electron chi connectivity index (χ4n) is 0.934. The highest BCUT2D eigenvalue weighted by Crippen LogP contribution is 2.21. The van der Waals surface area contributed by atoms with Gasteiger partial charge in [0, 0.05) is 12.6 Å². The third kappa shape index (κ3) is 4.62. The molecule has 1 aromatic heterocycles. The van der Waals surface area contributed by atoms with Gasteiger partial charge in [0.1, 0.15) is 0 Å². The van der Waals surface area contributed by atoms with E-state index in [1.165, 1.54) is 18.3 Å². The second kappa shape index (κ2) is 4.95. The molecule has 1 rings (SSSR count). The highest BCUT2D eigenvalue weighted by Gasteiger charge is 2.26. The molecule has 0 aliphatic heterocycles. The number of pyridine rings is 1. The van der Waals surface area contributed by atoms with Crippen LogP contribution in [-0.4, -0.2) is 17.8 Å². The molecule has 0 spiro atoms. The fourth-order valence-corrected chi connectivity index (χ4v) is 0.934. The Labute approximate surface area is 83.9 Å². The molecule has 0 atom stereocenters. The van der Waals surface area contributed by atoms with Crippen molar-refractivity contribution in [3.63, 3.8) is 0 Å². The summed E-state index contributed by atoms with van der Waals surface area (Å²) in [5.74, 6) is -0.941. The average Bonchev–Trinajstić information content (AvgIpc) is 2.13. The van der Waals surface area contributed by atoms with Gasteiger partial charge in [-0.3, -0.25) is 0 Å². The van der Waals surface area contributed by atoms with E-state index >= 15 is 0 Å². The van der Waals surface area contributed by atoms with E-state index in [0.29, 0.717) is 0 Å². The SMILES string of the molecule is Fc1ncccc1OCCCC(F)(F)F. The molecule has 0 saturated carbocycles. The van der Waals surface area contributed by atoms with Crippen molar-refractivity contribution in [3.8, 4) is 5.75 Å². The summed E-state index contributed by atoms with van der Waals surface area (Å²) < 4.78 is 52.7. The zero-order chi connectivity index (χ0) is 11.3. The number of hydrogen-bond donors (Lipinski definition) is 0. The zero-order valence-electron chi connectivity index (χ0n) is 7.72. The van der Waals surface area contributed by atoms with Crippen molar-refractivity contribution in [2.24, 2.45) is 0 Å². The minimum Gasteiger partial charge on any atom is -0.489 e. The summed E-state index contributed by atoms with van der Waals surface area (Å²) in [6.07, 6.45) is -4.10. The first kappa shape index (κ1) is 11.7. The molecule has 0 amide bonds. The smallest absolute Gasteiger partial charge is 0.389 e. The van der Waals surface area contributed by atoms with Crippen molar-refractivity contribution < 1.29 is 22.3 Å². The number of ether oxygens (including phenoxy) is 1. The van der Waals surface area contributed by atoms with Crippen LogP contribution in [0, 0.1) is 5.95 Å². The van der Waals surface area contributed by atoms with Gasteiger partial charge in [0.2, 0.25) is 0 Å². The van der Waals surface area contributed by atoms with Crippen molar-refractivity contribution in [1.82, 2.24) is 4.98 Å². The summed E-state index contributed by atoms with van der Waals surface area (Å²) in [6.45, 7) is -0.178. The summed E-state index contributed by atoms with van der Waals surface area (Å²) >= 11 is 0. The van der Waals surface area contributed by atoms with Gasteiger partial charge in [-0.1, -0.05) is 0 Å². The quantitative estimate of drug-likeness (QED) is 0.444. The molecule has 0 aromatic carbocycles. The van der Waals surface area contributed by atoms with Crippen LogP contribution in [0.1, 0.15) is 12.8 Å². The number of alkyl halides is 3. The van der Waals surface area contributed by atoms with Crippen molar-refractivity contribution in [2.45, 2.75) is 19.0 Å². The van der Waals surface area contributed by atoms with Crippen LogP contribution < -0.4 is 4.74 Å².